The van der Waals surface area contributed by atoms with Gasteiger partial charge in [0.05, 0.1) is 25.7 Å². The topological polar surface area (TPSA) is 94.1 Å². The van der Waals surface area contributed by atoms with Gasteiger partial charge in [0, 0.05) is 18.9 Å². The number of carboxylic acid groups (broad SMARTS) is 1. The van der Waals surface area contributed by atoms with Crippen LogP contribution in [0.2, 0.25) is 0 Å². The first-order valence-corrected chi connectivity index (χ1v) is 7.95. The second-order valence-electron chi connectivity index (χ2n) is 5.43. The van der Waals surface area contributed by atoms with Gasteiger partial charge in [-0.1, -0.05) is 12.1 Å². The number of carbonyl (C=O) groups is 2. The molecule has 0 heterocycles. The molecule has 1 amide bonds. The van der Waals surface area contributed by atoms with E-state index < -0.39 is 5.97 Å². The number of benzene rings is 2. The molecule has 0 saturated carbocycles. The molecule has 2 aromatic rings. The van der Waals surface area contributed by atoms with Gasteiger partial charge >= 0.3 is 5.97 Å². The van der Waals surface area contributed by atoms with E-state index in [1.807, 2.05) is 0 Å². The fourth-order valence-corrected chi connectivity index (χ4v) is 2.26. The molecule has 138 valence electrons. The number of carbonyl (C=O) groups excluding carboxylic acids is 1. The number of rotatable bonds is 9. The fraction of sp³-hybridized carbons (Fsp3) is 0.263. The zero-order valence-electron chi connectivity index (χ0n) is 14.7. The van der Waals surface area contributed by atoms with Gasteiger partial charge in [0.15, 0.2) is 11.5 Å². The number of anilines is 1. The zero-order valence-corrected chi connectivity index (χ0v) is 14.7. The molecule has 7 heteroatoms. The van der Waals surface area contributed by atoms with E-state index in [1.54, 1.807) is 37.4 Å². The minimum absolute atomic E-state index is 0.131. The van der Waals surface area contributed by atoms with E-state index >= 15 is 0 Å². The molecular formula is C19H21NO6. The van der Waals surface area contributed by atoms with Gasteiger partial charge < -0.3 is 24.6 Å². The molecule has 0 aliphatic rings. The SMILES string of the molecule is COCCOc1cc(NC(=O)Cc2ccc(C(=O)O)cc2)ccc1OC. The van der Waals surface area contributed by atoms with Crippen LogP contribution >= 0.6 is 0 Å². The molecule has 0 radical (unpaired) electrons. The van der Waals surface area contributed by atoms with E-state index in [0.29, 0.717) is 30.4 Å². The largest absolute Gasteiger partial charge is 0.493 e. The summed E-state index contributed by atoms with van der Waals surface area (Å²) >= 11 is 0. The van der Waals surface area contributed by atoms with Gasteiger partial charge in [0.25, 0.3) is 0 Å². The highest BCUT2D eigenvalue weighted by atomic mass is 16.5. The summed E-state index contributed by atoms with van der Waals surface area (Å²) in [7, 11) is 3.12. The number of hydrogen-bond donors (Lipinski definition) is 2. The Morgan fingerprint density at radius 3 is 2.35 bits per heavy atom. The van der Waals surface area contributed by atoms with Crippen LogP contribution in [-0.2, 0) is 16.0 Å². The second-order valence-corrected chi connectivity index (χ2v) is 5.43. The highest BCUT2D eigenvalue weighted by Crippen LogP contribution is 2.30. The number of amides is 1. The summed E-state index contributed by atoms with van der Waals surface area (Å²) in [6, 6.07) is 11.3. The molecule has 0 spiro atoms. The third kappa shape index (κ3) is 5.49. The third-order valence-corrected chi connectivity index (χ3v) is 3.56. The Morgan fingerprint density at radius 2 is 1.73 bits per heavy atom. The summed E-state index contributed by atoms with van der Waals surface area (Å²) in [5.74, 6) is -0.155. The number of nitrogens with one attached hydrogen (secondary N) is 1. The Kier molecular flexibility index (Phi) is 6.99. The van der Waals surface area contributed by atoms with E-state index in [4.69, 9.17) is 19.3 Å². The van der Waals surface area contributed by atoms with Crippen molar-refractivity contribution < 1.29 is 28.9 Å². The molecule has 0 aliphatic heterocycles. The first kappa shape index (κ1) is 19.3. The molecule has 2 rings (SSSR count). The van der Waals surface area contributed by atoms with Crippen molar-refractivity contribution in [3.05, 3.63) is 53.6 Å². The lowest BCUT2D eigenvalue weighted by Crippen LogP contribution is -2.14. The van der Waals surface area contributed by atoms with Crippen molar-refractivity contribution >= 4 is 17.6 Å². The smallest absolute Gasteiger partial charge is 0.335 e. The van der Waals surface area contributed by atoms with E-state index in [-0.39, 0.29) is 17.9 Å². The maximum absolute atomic E-state index is 12.2. The highest BCUT2D eigenvalue weighted by Gasteiger charge is 2.10. The maximum atomic E-state index is 12.2. The van der Waals surface area contributed by atoms with Crippen LogP contribution in [0.25, 0.3) is 0 Å². The lowest BCUT2D eigenvalue weighted by atomic mass is 10.1. The van der Waals surface area contributed by atoms with Gasteiger partial charge in [-0.15, -0.1) is 0 Å². The fourth-order valence-electron chi connectivity index (χ4n) is 2.26. The van der Waals surface area contributed by atoms with Crippen LogP contribution in [0.1, 0.15) is 15.9 Å². The predicted octanol–water partition coefficient (Wildman–Crippen LogP) is 2.60. The summed E-state index contributed by atoms with van der Waals surface area (Å²) in [6.07, 6.45) is 0.131. The van der Waals surface area contributed by atoms with Crippen molar-refractivity contribution in [3.63, 3.8) is 0 Å². The number of carboxylic acids is 1. The minimum atomic E-state index is -1.000. The second kappa shape index (κ2) is 9.43. The van der Waals surface area contributed by atoms with Crippen LogP contribution in [-0.4, -0.2) is 44.4 Å². The Balaban J connectivity index is 2.01. The minimum Gasteiger partial charge on any atom is -0.493 e. The molecule has 0 unspecified atom stereocenters. The van der Waals surface area contributed by atoms with Gasteiger partial charge in [0.1, 0.15) is 6.61 Å². The average Bonchev–Trinajstić information content (AvgIpc) is 2.62. The Morgan fingerprint density at radius 1 is 1.00 bits per heavy atom. The molecule has 0 aromatic heterocycles. The summed E-state index contributed by atoms with van der Waals surface area (Å²) in [5.41, 5.74) is 1.48. The van der Waals surface area contributed by atoms with Gasteiger partial charge in [-0.25, -0.2) is 4.79 Å². The molecule has 0 bridgehead atoms. The Bertz CT molecular complexity index is 757. The highest BCUT2D eigenvalue weighted by molar-refractivity contribution is 5.93. The Hall–Kier alpha value is -3.06. The number of methoxy groups -OCH3 is 2. The van der Waals surface area contributed by atoms with Crippen molar-refractivity contribution in [2.24, 2.45) is 0 Å². The van der Waals surface area contributed by atoms with Crippen molar-refractivity contribution in [3.8, 4) is 11.5 Å². The summed E-state index contributed by atoms with van der Waals surface area (Å²) in [4.78, 5) is 23.1. The van der Waals surface area contributed by atoms with Crippen LogP contribution in [0.4, 0.5) is 5.69 Å². The van der Waals surface area contributed by atoms with Crippen LogP contribution in [0, 0.1) is 0 Å². The normalized spacial score (nSPS) is 10.2. The zero-order chi connectivity index (χ0) is 18.9. The molecule has 7 nitrogen and oxygen atoms in total. The molecule has 2 N–H and O–H groups in total. The number of aromatic carboxylic acids is 1. The maximum Gasteiger partial charge on any atom is 0.335 e. The molecular weight excluding hydrogens is 338 g/mol. The summed E-state index contributed by atoms with van der Waals surface area (Å²) in [6.45, 7) is 0.798. The van der Waals surface area contributed by atoms with Crippen LogP contribution in [0.5, 0.6) is 11.5 Å². The van der Waals surface area contributed by atoms with Crippen LogP contribution in [0.3, 0.4) is 0 Å². The van der Waals surface area contributed by atoms with Crippen molar-refractivity contribution in [2.75, 3.05) is 32.8 Å². The quantitative estimate of drug-likeness (QED) is 0.669. The van der Waals surface area contributed by atoms with Gasteiger partial charge in [0.2, 0.25) is 5.91 Å². The molecule has 0 saturated heterocycles. The summed E-state index contributed by atoms with van der Waals surface area (Å²) < 4.78 is 15.8. The third-order valence-electron chi connectivity index (χ3n) is 3.56. The van der Waals surface area contributed by atoms with E-state index in [2.05, 4.69) is 5.32 Å². The Labute approximate surface area is 151 Å². The van der Waals surface area contributed by atoms with E-state index in [9.17, 15) is 9.59 Å². The predicted molar refractivity (Wildman–Crippen MR) is 96.1 cm³/mol. The molecule has 0 atom stereocenters. The van der Waals surface area contributed by atoms with Crippen LogP contribution < -0.4 is 14.8 Å². The van der Waals surface area contributed by atoms with Crippen molar-refractivity contribution in [2.45, 2.75) is 6.42 Å². The van der Waals surface area contributed by atoms with E-state index in [0.717, 1.165) is 5.56 Å². The average molecular weight is 359 g/mol. The van der Waals surface area contributed by atoms with Gasteiger partial charge in [-0.2, -0.15) is 0 Å². The molecule has 0 aliphatic carbocycles. The number of ether oxygens (including phenoxy) is 3. The monoisotopic (exact) mass is 359 g/mol. The molecule has 26 heavy (non-hydrogen) atoms. The standard InChI is InChI=1S/C19H21NO6/c1-24-9-10-26-17-12-15(7-8-16(17)25-2)20-18(21)11-13-3-5-14(6-4-13)19(22)23/h3-8,12H,9-11H2,1-2H3,(H,20,21)(H,22,23). The van der Waals surface area contributed by atoms with Gasteiger partial charge in [-0.05, 0) is 29.8 Å². The van der Waals surface area contributed by atoms with Crippen molar-refractivity contribution in [1.29, 1.82) is 0 Å². The first-order valence-electron chi connectivity index (χ1n) is 7.95. The van der Waals surface area contributed by atoms with Crippen LogP contribution in [0.15, 0.2) is 42.5 Å². The lowest BCUT2D eigenvalue weighted by molar-refractivity contribution is -0.115. The first-order chi connectivity index (χ1) is 12.5. The van der Waals surface area contributed by atoms with Gasteiger partial charge in [-0.3, -0.25) is 4.79 Å². The van der Waals surface area contributed by atoms with Crippen molar-refractivity contribution in [1.82, 2.24) is 0 Å². The summed E-state index contributed by atoms with van der Waals surface area (Å²) in [5, 5.41) is 11.7. The lowest BCUT2D eigenvalue weighted by Gasteiger charge is -2.13. The van der Waals surface area contributed by atoms with E-state index in [1.165, 1.54) is 19.2 Å². The molecule has 0 fully saturated rings. The molecule has 2 aromatic carbocycles. The number of hydrogen-bond acceptors (Lipinski definition) is 5.